The molecule has 1 saturated heterocycles. The van der Waals surface area contributed by atoms with Gasteiger partial charge in [-0.3, -0.25) is 9.59 Å². The minimum Gasteiger partial charge on any atom is -0.352 e. The summed E-state index contributed by atoms with van der Waals surface area (Å²) in [6.45, 7) is 1.87. The van der Waals surface area contributed by atoms with E-state index < -0.39 is 5.82 Å². The molecule has 3 aromatic rings. The van der Waals surface area contributed by atoms with Gasteiger partial charge in [0, 0.05) is 38.4 Å². The highest BCUT2D eigenvalue weighted by molar-refractivity contribution is 5.97. The monoisotopic (exact) mass is 423 g/mol. The number of carbonyl (C=O) groups is 2. The molecule has 1 N–H and O–H groups in total. The third kappa shape index (κ3) is 4.68. The molecule has 0 bridgehead atoms. The summed E-state index contributed by atoms with van der Waals surface area (Å²) in [5.74, 6) is -0.0401. The number of likely N-dealkylation sites (tertiary alicyclic amines) is 1. The van der Waals surface area contributed by atoms with Crippen molar-refractivity contribution in [3.05, 3.63) is 66.4 Å². The van der Waals surface area contributed by atoms with Crippen LogP contribution in [-0.4, -0.2) is 50.7 Å². The van der Waals surface area contributed by atoms with Crippen molar-refractivity contribution in [1.82, 2.24) is 24.6 Å². The van der Waals surface area contributed by atoms with Crippen molar-refractivity contribution < 1.29 is 14.0 Å². The topological polar surface area (TPSA) is 72.2 Å². The van der Waals surface area contributed by atoms with Crippen LogP contribution in [-0.2, 0) is 4.79 Å². The van der Waals surface area contributed by atoms with Gasteiger partial charge in [0.25, 0.3) is 5.91 Å². The molecule has 2 aromatic heterocycles. The van der Waals surface area contributed by atoms with Gasteiger partial charge in [0.2, 0.25) is 5.91 Å². The van der Waals surface area contributed by atoms with E-state index in [0.29, 0.717) is 37.3 Å². The number of carbonyl (C=O) groups excluding carboxylic acids is 2. The largest absolute Gasteiger partial charge is 0.352 e. The van der Waals surface area contributed by atoms with E-state index in [1.807, 2.05) is 17.0 Å². The third-order valence-electron chi connectivity index (χ3n) is 5.48. The Morgan fingerprint density at radius 3 is 2.71 bits per heavy atom. The second kappa shape index (κ2) is 9.59. The van der Waals surface area contributed by atoms with Gasteiger partial charge in [0.15, 0.2) is 5.82 Å². The summed E-state index contributed by atoms with van der Waals surface area (Å²) in [5.41, 5.74) is 0.621. The molecule has 0 aliphatic carbocycles. The number of para-hydroxylation sites is 1. The van der Waals surface area contributed by atoms with E-state index in [0.717, 1.165) is 25.8 Å². The first-order valence-electron chi connectivity index (χ1n) is 10.7. The fraction of sp³-hybridized carbons (Fsp3) is 0.348. The van der Waals surface area contributed by atoms with Gasteiger partial charge in [-0.2, -0.15) is 5.10 Å². The SMILES string of the molecule is O=C(NCCCN1CCCCCC1=O)c1cnn(-c2ccccc2F)c1-n1cccc1. The molecule has 0 atom stereocenters. The Kier molecular flexibility index (Phi) is 6.45. The highest BCUT2D eigenvalue weighted by Gasteiger charge is 2.21. The standard InChI is InChI=1S/C23H26FN5O2/c24-19-9-3-4-10-20(19)29-23(28-14-6-7-15-28)18(17-26-29)22(31)25-12-8-16-27-13-5-1-2-11-21(27)30/h3-4,6-7,9-10,14-15,17H,1-2,5,8,11-13,16H2,(H,25,31). The molecule has 1 fully saturated rings. The maximum Gasteiger partial charge on any atom is 0.256 e. The first kappa shape index (κ1) is 20.8. The van der Waals surface area contributed by atoms with Gasteiger partial charge in [-0.15, -0.1) is 0 Å². The Morgan fingerprint density at radius 2 is 1.90 bits per heavy atom. The quantitative estimate of drug-likeness (QED) is 0.593. The van der Waals surface area contributed by atoms with Crippen molar-refractivity contribution in [2.24, 2.45) is 0 Å². The smallest absolute Gasteiger partial charge is 0.256 e. The zero-order valence-corrected chi connectivity index (χ0v) is 17.3. The number of rotatable bonds is 7. The van der Waals surface area contributed by atoms with Crippen LogP contribution in [0.4, 0.5) is 4.39 Å². The number of benzene rings is 1. The van der Waals surface area contributed by atoms with Crippen LogP contribution in [0.1, 0.15) is 42.5 Å². The van der Waals surface area contributed by atoms with E-state index in [-0.39, 0.29) is 17.5 Å². The molecule has 0 radical (unpaired) electrons. The van der Waals surface area contributed by atoms with Crippen molar-refractivity contribution in [2.45, 2.75) is 32.1 Å². The molecule has 8 heteroatoms. The van der Waals surface area contributed by atoms with Crippen LogP contribution in [0, 0.1) is 5.82 Å². The number of halogens is 1. The summed E-state index contributed by atoms with van der Waals surface area (Å²) in [6.07, 6.45) is 9.40. The summed E-state index contributed by atoms with van der Waals surface area (Å²) in [6, 6.07) is 9.98. The lowest BCUT2D eigenvalue weighted by molar-refractivity contribution is -0.130. The van der Waals surface area contributed by atoms with E-state index in [1.54, 1.807) is 35.2 Å². The molecule has 1 aliphatic heterocycles. The highest BCUT2D eigenvalue weighted by atomic mass is 19.1. The molecule has 4 rings (SSSR count). The van der Waals surface area contributed by atoms with Gasteiger partial charge >= 0.3 is 0 Å². The van der Waals surface area contributed by atoms with Crippen molar-refractivity contribution >= 4 is 11.8 Å². The molecule has 162 valence electrons. The van der Waals surface area contributed by atoms with Crippen molar-refractivity contribution in [3.63, 3.8) is 0 Å². The average Bonchev–Trinajstić information content (AvgIpc) is 3.40. The Bertz CT molecular complexity index is 1040. The van der Waals surface area contributed by atoms with Crippen molar-refractivity contribution in [1.29, 1.82) is 0 Å². The zero-order valence-electron chi connectivity index (χ0n) is 17.3. The van der Waals surface area contributed by atoms with E-state index in [4.69, 9.17) is 0 Å². The highest BCUT2D eigenvalue weighted by Crippen LogP contribution is 2.21. The Hall–Kier alpha value is -3.42. The van der Waals surface area contributed by atoms with Crippen LogP contribution in [0.5, 0.6) is 0 Å². The van der Waals surface area contributed by atoms with E-state index >= 15 is 0 Å². The summed E-state index contributed by atoms with van der Waals surface area (Å²) in [4.78, 5) is 26.9. The second-order valence-corrected chi connectivity index (χ2v) is 7.64. The summed E-state index contributed by atoms with van der Waals surface area (Å²) in [7, 11) is 0. The molecular formula is C23H26FN5O2. The lowest BCUT2D eigenvalue weighted by Crippen LogP contribution is -2.34. The Morgan fingerprint density at radius 1 is 1.10 bits per heavy atom. The molecule has 7 nitrogen and oxygen atoms in total. The first-order chi connectivity index (χ1) is 15.1. The fourth-order valence-corrected chi connectivity index (χ4v) is 3.87. The number of amides is 2. The predicted octanol–water partition coefficient (Wildman–Crippen LogP) is 3.32. The lowest BCUT2D eigenvalue weighted by atomic mass is 10.2. The normalized spacial score (nSPS) is 14.5. The van der Waals surface area contributed by atoms with Crippen LogP contribution >= 0.6 is 0 Å². The van der Waals surface area contributed by atoms with E-state index in [2.05, 4.69) is 10.4 Å². The van der Waals surface area contributed by atoms with Crippen molar-refractivity contribution in [3.8, 4) is 11.5 Å². The van der Waals surface area contributed by atoms with Gasteiger partial charge in [-0.05, 0) is 43.5 Å². The van der Waals surface area contributed by atoms with Crippen LogP contribution in [0.3, 0.4) is 0 Å². The Labute approximate surface area is 180 Å². The molecule has 0 spiro atoms. The molecule has 0 saturated carbocycles. The minimum absolute atomic E-state index is 0.199. The number of nitrogens with zero attached hydrogens (tertiary/aromatic N) is 4. The molecule has 1 aliphatic rings. The summed E-state index contributed by atoms with van der Waals surface area (Å²) >= 11 is 0. The number of hydrogen-bond donors (Lipinski definition) is 1. The van der Waals surface area contributed by atoms with E-state index in [9.17, 15) is 14.0 Å². The van der Waals surface area contributed by atoms with Crippen molar-refractivity contribution in [2.75, 3.05) is 19.6 Å². The Balaban J connectivity index is 1.47. The van der Waals surface area contributed by atoms with Crippen LogP contribution in [0.25, 0.3) is 11.5 Å². The summed E-state index contributed by atoms with van der Waals surface area (Å²) in [5, 5.41) is 7.20. The minimum atomic E-state index is -0.423. The average molecular weight is 423 g/mol. The first-order valence-corrected chi connectivity index (χ1v) is 10.7. The van der Waals surface area contributed by atoms with Gasteiger partial charge in [-0.1, -0.05) is 18.6 Å². The molecule has 2 amide bonds. The summed E-state index contributed by atoms with van der Waals surface area (Å²) < 4.78 is 17.6. The molecule has 0 unspecified atom stereocenters. The maximum absolute atomic E-state index is 14.4. The maximum atomic E-state index is 14.4. The molecule has 1 aromatic carbocycles. The van der Waals surface area contributed by atoms with Crippen LogP contribution in [0.15, 0.2) is 55.0 Å². The third-order valence-corrected chi connectivity index (χ3v) is 5.48. The van der Waals surface area contributed by atoms with Gasteiger partial charge in [0.05, 0.1) is 6.20 Å². The number of aromatic nitrogens is 3. The molecule has 31 heavy (non-hydrogen) atoms. The van der Waals surface area contributed by atoms with Gasteiger partial charge in [-0.25, -0.2) is 9.07 Å². The van der Waals surface area contributed by atoms with Gasteiger partial charge < -0.3 is 14.8 Å². The molecular weight excluding hydrogens is 397 g/mol. The van der Waals surface area contributed by atoms with E-state index in [1.165, 1.54) is 16.9 Å². The predicted molar refractivity (Wildman–Crippen MR) is 115 cm³/mol. The fourth-order valence-electron chi connectivity index (χ4n) is 3.87. The second-order valence-electron chi connectivity index (χ2n) is 7.64. The zero-order chi connectivity index (χ0) is 21.6. The van der Waals surface area contributed by atoms with Crippen LogP contribution in [0.2, 0.25) is 0 Å². The molecule has 3 heterocycles. The van der Waals surface area contributed by atoms with Crippen LogP contribution < -0.4 is 5.32 Å². The lowest BCUT2D eigenvalue weighted by Gasteiger charge is -2.20. The number of nitrogens with one attached hydrogen (secondary N) is 1. The number of hydrogen-bond acceptors (Lipinski definition) is 3. The van der Waals surface area contributed by atoms with Gasteiger partial charge in [0.1, 0.15) is 17.1 Å².